The summed E-state index contributed by atoms with van der Waals surface area (Å²) in [4.78, 5) is 15.1. The van der Waals surface area contributed by atoms with E-state index in [0.717, 1.165) is 4.57 Å². The van der Waals surface area contributed by atoms with Crippen LogP contribution in [0.3, 0.4) is 0 Å². The smallest absolute Gasteiger partial charge is 0.349 e. The van der Waals surface area contributed by atoms with Crippen LogP contribution in [0.15, 0.2) is 12.4 Å². The quantitative estimate of drug-likeness (QED) is 0.826. The maximum Gasteiger partial charge on any atom is 0.406 e. The van der Waals surface area contributed by atoms with Gasteiger partial charge < -0.3 is 15.6 Å². The maximum absolute atomic E-state index is 12.2. The molecule has 0 saturated heterocycles. The van der Waals surface area contributed by atoms with Crippen molar-refractivity contribution < 1.29 is 18.0 Å². The zero-order chi connectivity index (χ0) is 13.8. The Balaban J connectivity index is 2.53. The predicted octanol–water partition coefficient (Wildman–Crippen LogP) is 0.799. The van der Waals surface area contributed by atoms with Crippen LogP contribution in [0, 0.1) is 0 Å². The number of hydrogen-bond donors (Lipinski definition) is 2. The molecule has 1 aromatic heterocycles. The van der Waals surface area contributed by atoms with Gasteiger partial charge in [-0.1, -0.05) is 0 Å². The van der Waals surface area contributed by atoms with E-state index in [1.807, 2.05) is 0 Å². The molecule has 8 heteroatoms. The molecule has 0 aliphatic carbocycles. The highest BCUT2D eigenvalue weighted by molar-refractivity contribution is 5.76. The number of aromatic nitrogens is 2. The second-order valence-corrected chi connectivity index (χ2v) is 4.04. The summed E-state index contributed by atoms with van der Waals surface area (Å²) < 4.78 is 37.6. The Morgan fingerprint density at radius 1 is 1.61 bits per heavy atom. The average Bonchev–Trinajstić information content (AvgIpc) is 2.58. The molecule has 0 aliphatic heterocycles. The van der Waals surface area contributed by atoms with Crippen LogP contribution in [0.1, 0.15) is 19.2 Å². The van der Waals surface area contributed by atoms with Crippen LogP contribution in [-0.2, 0) is 17.9 Å². The van der Waals surface area contributed by atoms with Gasteiger partial charge >= 0.3 is 6.18 Å². The van der Waals surface area contributed by atoms with Crippen molar-refractivity contribution in [2.24, 2.45) is 5.73 Å². The van der Waals surface area contributed by atoms with Crippen molar-refractivity contribution in [1.82, 2.24) is 14.9 Å². The predicted molar refractivity (Wildman–Crippen MR) is 58.4 cm³/mol. The Hall–Kier alpha value is -1.57. The van der Waals surface area contributed by atoms with Gasteiger partial charge in [-0.3, -0.25) is 4.79 Å². The van der Waals surface area contributed by atoms with Gasteiger partial charge in [0.2, 0.25) is 5.91 Å². The standard InChI is InChI=1S/C10H15F3N4O/c1-7(14)4-9(18)16-5-8-15-2-3-17(8)6-10(11,12)13/h2-3,7H,4-6,14H2,1H3,(H,16,18). The number of nitrogens with two attached hydrogens (primary N) is 1. The van der Waals surface area contributed by atoms with Crippen molar-refractivity contribution in [2.45, 2.75) is 38.7 Å². The average molecular weight is 264 g/mol. The van der Waals surface area contributed by atoms with Crippen molar-refractivity contribution in [3.63, 3.8) is 0 Å². The molecular weight excluding hydrogens is 249 g/mol. The molecule has 0 fully saturated rings. The molecule has 0 radical (unpaired) electrons. The highest BCUT2D eigenvalue weighted by atomic mass is 19.4. The molecule has 102 valence electrons. The van der Waals surface area contributed by atoms with Gasteiger partial charge in [-0.05, 0) is 6.92 Å². The molecule has 0 bridgehead atoms. The molecule has 1 heterocycles. The third kappa shape index (κ3) is 5.17. The van der Waals surface area contributed by atoms with E-state index in [1.165, 1.54) is 12.4 Å². The Morgan fingerprint density at radius 3 is 2.83 bits per heavy atom. The third-order valence-electron chi connectivity index (χ3n) is 2.10. The van der Waals surface area contributed by atoms with E-state index < -0.39 is 12.7 Å². The molecule has 1 rings (SSSR count). The summed E-state index contributed by atoms with van der Waals surface area (Å²) in [6.07, 6.45) is -1.70. The normalized spacial score (nSPS) is 13.4. The molecule has 0 saturated carbocycles. The van der Waals surface area contributed by atoms with Gasteiger partial charge in [0, 0.05) is 24.9 Å². The fourth-order valence-corrected chi connectivity index (χ4v) is 1.39. The molecule has 5 nitrogen and oxygen atoms in total. The fourth-order valence-electron chi connectivity index (χ4n) is 1.39. The lowest BCUT2D eigenvalue weighted by molar-refractivity contribution is -0.141. The minimum absolute atomic E-state index is 0.0470. The number of nitrogens with one attached hydrogen (secondary N) is 1. The summed E-state index contributed by atoms with van der Waals surface area (Å²) in [5.41, 5.74) is 5.43. The van der Waals surface area contributed by atoms with Gasteiger partial charge in [-0.15, -0.1) is 0 Å². The van der Waals surface area contributed by atoms with Crippen LogP contribution in [0.2, 0.25) is 0 Å². The van der Waals surface area contributed by atoms with Gasteiger partial charge in [0.15, 0.2) is 0 Å². The number of carbonyl (C=O) groups is 1. The van der Waals surface area contributed by atoms with Crippen LogP contribution in [0.5, 0.6) is 0 Å². The van der Waals surface area contributed by atoms with E-state index in [1.54, 1.807) is 6.92 Å². The summed E-state index contributed by atoms with van der Waals surface area (Å²) in [5.74, 6) is -0.156. The number of imidazole rings is 1. The summed E-state index contributed by atoms with van der Waals surface area (Å²) >= 11 is 0. The van der Waals surface area contributed by atoms with Gasteiger partial charge in [-0.2, -0.15) is 13.2 Å². The zero-order valence-electron chi connectivity index (χ0n) is 9.87. The number of halogens is 3. The van der Waals surface area contributed by atoms with Crippen LogP contribution < -0.4 is 11.1 Å². The van der Waals surface area contributed by atoms with E-state index in [2.05, 4.69) is 10.3 Å². The highest BCUT2D eigenvalue weighted by Gasteiger charge is 2.28. The first-order valence-electron chi connectivity index (χ1n) is 5.37. The lowest BCUT2D eigenvalue weighted by Gasteiger charge is -2.11. The van der Waals surface area contributed by atoms with Crippen molar-refractivity contribution >= 4 is 5.91 Å². The minimum atomic E-state index is -4.31. The third-order valence-corrected chi connectivity index (χ3v) is 2.10. The first-order chi connectivity index (χ1) is 8.28. The minimum Gasteiger partial charge on any atom is -0.349 e. The second-order valence-electron chi connectivity index (χ2n) is 4.04. The monoisotopic (exact) mass is 264 g/mol. The lowest BCUT2D eigenvalue weighted by atomic mass is 10.2. The van der Waals surface area contributed by atoms with E-state index in [0.29, 0.717) is 0 Å². The van der Waals surface area contributed by atoms with E-state index >= 15 is 0 Å². The number of amides is 1. The topological polar surface area (TPSA) is 72.9 Å². The summed E-state index contributed by atoms with van der Waals surface area (Å²) in [5, 5.41) is 2.47. The number of alkyl halides is 3. The highest BCUT2D eigenvalue weighted by Crippen LogP contribution is 2.18. The lowest BCUT2D eigenvalue weighted by Crippen LogP contribution is -2.31. The molecular formula is C10H15F3N4O. The number of carbonyl (C=O) groups excluding carboxylic acids is 1. The van der Waals surface area contributed by atoms with Crippen molar-refractivity contribution in [3.8, 4) is 0 Å². The Labute approximate surface area is 102 Å². The molecule has 0 aromatic carbocycles. The van der Waals surface area contributed by atoms with Crippen molar-refractivity contribution in [3.05, 3.63) is 18.2 Å². The van der Waals surface area contributed by atoms with Gasteiger partial charge in [0.05, 0.1) is 6.54 Å². The van der Waals surface area contributed by atoms with Crippen molar-refractivity contribution in [1.29, 1.82) is 0 Å². The van der Waals surface area contributed by atoms with E-state index in [4.69, 9.17) is 5.73 Å². The molecule has 1 unspecified atom stereocenters. The summed E-state index contributed by atoms with van der Waals surface area (Å²) in [6.45, 7) is 0.504. The van der Waals surface area contributed by atoms with E-state index in [9.17, 15) is 18.0 Å². The summed E-state index contributed by atoms with van der Waals surface area (Å²) in [6, 6.07) is -0.292. The first kappa shape index (κ1) is 14.5. The molecule has 3 N–H and O–H groups in total. The molecule has 0 spiro atoms. The molecule has 18 heavy (non-hydrogen) atoms. The molecule has 0 aliphatic rings. The van der Waals surface area contributed by atoms with Crippen LogP contribution in [-0.4, -0.2) is 27.7 Å². The van der Waals surface area contributed by atoms with E-state index in [-0.39, 0.29) is 30.7 Å². The first-order valence-corrected chi connectivity index (χ1v) is 5.37. The van der Waals surface area contributed by atoms with Gasteiger partial charge in [0.25, 0.3) is 0 Å². The van der Waals surface area contributed by atoms with Crippen LogP contribution in [0.4, 0.5) is 13.2 Å². The van der Waals surface area contributed by atoms with Crippen molar-refractivity contribution in [2.75, 3.05) is 0 Å². The SMILES string of the molecule is CC(N)CC(=O)NCc1nccn1CC(F)(F)F. The molecule has 1 amide bonds. The number of rotatable bonds is 5. The Morgan fingerprint density at radius 2 is 2.28 bits per heavy atom. The molecule has 1 atom stereocenters. The number of nitrogens with zero attached hydrogens (tertiary/aromatic N) is 2. The molecule has 1 aromatic rings. The Kier molecular flexibility index (Phi) is 4.71. The summed E-state index contributed by atoms with van der Waals surface area (Å²) in [7, 11) is 0. The maximum atomic E-state index is 12.2. The number of hydrogen-bond acceptors (Lipinski definition) is 3. The van der Waals surface area contributed by atoms with Gasteiger partial charge in [0.1, 0.15) is 12.4 Å². The van der Waals surface area contributed by atoms with Gasteiger partial charge in [-0.25, -0.2) is 4.98 Å². The largest absolute Gasteiger partial charge is 0.406 e. The van der Waals surface area contributed by atoms with Crippen LogP contribution in [0.25, 0.3) is 0 Å². The fraction of sp³-hybridized carbons (Fsp3) is 0.600. The second kappa shape index (κ2) is 5.85. The Bertz CT molecular complexity index is 400. The van der Waals surface area contributed by atoms with Crippen LogP contribution >= 0.6 is 0 Å². The zero-order valence-corrected chi connectivity index (χ0v) is 9.87.